The van der Waals surface area contributed by atoms with E-state index in [4.69, 9.17) is 4.74 Å². The molecule has 2 fully saturated rings. The Morgan fingerprint density at radius 2 is 1.88 bits per heavy atom. The van der Waals surface area contributed by atoms with Gasteiger partial charge in [-0.05, 0) is 43.6 Å². The minimum absolute atomic E-state index is 0.773. The molecule has 1 N–H and O–H groups in total. The molecule has 0 aromatic heterocycles. The number of ether oxygens (including phenoxy) is 1. The fourth-order valence-electron chi connectivity index (χ4n) is 3.20. The maximum Gasteiger partial charge on any atom is 0.0506 e. The molecule has 2 heteroatoms. The lowest BCUT2D eigenvalue weighted by Gasteiger charge is -2.27. The molecule has 1 saturated heterocycles. The zero-order chi connectivity index (χ0) is 11.9. The van der Waals surface area contributed by atoms with Gasteiger partial charge < -0.3 is 10.1 Å². The van der Waals surface area contributed by atoms with Crippen molar-refractivity contribution >= 4 is 0 Å². The summed E-state index contributed by atoms with van der Waals surface area (Å²) in [5.41, 5.74) is 0. The van der Waals surface area contributed by atoms with Gasteiger partial charge in [-0.3, -0.25) is 0 Å². The molecule has 100 valence electrons. The smallest absolute Gasteiger partial charge is 0.0506 e. The number of nitrogens with one attached hydrogen (secondary N) is 1. The summed E-state index contributed by atoms with van der Waals surface area (Å²) in [7, 11) is 0. The van der Waals surface area contributed by atoms with E-state index < -0.39 is 0 Å². The third kappa shape index (κ3) is 4.97. The first-order valence-corrected chi connectivity index (χ1v) is 7.63. The van der Waals surface area contributed by atoms with Crippen molar-refractivity contribution in [3.05, 3.63) is 0 Å². The molecule has 1 unspecified atom stereocenters. The van der Waals surface area contributed by atoms with Crippen LogP contribution in [-0.4, -0.2) is 26.3 Å². The highest BCUT2D eigenvalue weighted by atomic mass is 16.5. The van der Waals surface area contributed by atoms with E-state index >= 15 is 0 Å². The number of hydrogen-bond donors (Lipinski definition) is 1. The highest BCUT2D eigenvalue weighted by molar-refractivity contribution is 4.71. The molecule has 0 aromatic carbocycles. The van der Waals surface area contributed by atoms with Gasteiger partial charge in [0.2, 0.25) is 0 Å². The van der Waals surface area contributed by atoms with E-state index in [0.29, 0.717) is 0 Å². The van der Waals surface area contributed by atoms with E-state index in [1.165, 1.54) is 58.0 Å². The molecule has 1 atom stereocenters. The predicted octanol–water partition coefficient (Wildman–Crippen LogP) is 3.22. The largest absolute Gasteiger partial charge is 0.381 e. The second kappa shape index (κ2) is 7.38. The van der Waals surface area contributed by atoms with Crippen LogP contribution < -0.4 is 5.32 Å². The standard InChI is InChI=1S/C15H29NO/c1-13-4-6-14(7-5-13)8-9-16-11-15-3-2-10-17-12-15/h13-16H,2-12H2,1H3. The van der Waals surface area contributed by atoms with Crippen molar-refractivity contribution in [2.24, 2.45) is 17.8 Å². The van der Waals surface area contributed by atoms with Gasteiger partial charge in [0.1, 0.15) is 0 Å². The molecule has 2 nitrogen and oxygen atoms in total. The Morgan fingerprint density at radius 3 is 2.59 bits per heavy atom. The average molecular weight is 239 g/mol. The molecule has 0 bridgehead atoms. The van der Waals surface area contributed by atoms with E-state index in [0.717, 1.165) is 31.0 Å². The molecule has 1 aliphatic heterocycles. The maximum atomic E-state index is 5.50. The predicted molar refractivity (Wildman–Crippen MR) is 72.2 cm³/mol. The van der Waals surface area contributed by atoms with Crippen LogP contribution in [0.5, 0.6) is 0 Å². The molecule has 0 radical (unpaired) electrons. The van der Waals surface area contributed by atoms with E-state index in [-0.39, 0.29) is 0 Å². The van der Waals surface area contributed by atoms with Gasteiger partial charge in [0.15, 0.2) is 0 Å². The molecule has 1 saturated carbocycles. The molecular formula is C15H29NO. The maximum absolute atomic E-state index is 5.50. The van der Waals surface area contributed by atoms with Crippen molar-refractivity contribution in [2.45, 2.75) is 51.9 Å². The summed E-state index contributed by atoms with van der Waals surface area (Å²) in [6.07, 6.45) is 9.86. The summed E-state index contributed by atoms with van der Waals surface area (Å²) >= 11 is 0. The van der Waals surface area contributed by atoms with Crippen molar-refractivity contribution < 1.29 is 4.74 Å². The van der Waals surface area contributed by atoms with Crippen molar-refractivity contribution in [3.63, 3.8) is 0 Å². The molecule has 0 aromatic rings. The Balaban J connectivity index is 1.48. The zero-order valence-corrected chi connectivity index (χ0v) is 11.4. The fourth-order valence-corrected chi connectivity index (χ4v) is 3.20. The van der Waals surface area contributed by atoms with Crippen LogP contribution >= 0.6 is 0 Å². The average Bonchev–Trinajstić information content (AvgIpc) is 2.38. The first-order chi connectivity index (χ1) is 8.34. The summed E-state index contributed by atoms with van der Waals surface area (Å²) in [6.45, 7) is 6.75. The second-order valence-corrected chi connectivity index (χ2v) is 6.20. The van der Waals surface area contributed by atoms with E-state index in [1.807, 2.05) is 0 Å². The Labute approximate surface area is 107 Å². The van der Waals surface area contributed by atoms with Gasteiger partial charge in [-0.15, -0.1) is 0 Å². The molecule has 2 aliphatic rings. The van der Waals surface area contributed by atoms with Gasteiger partial charge >= 0.3 is 0 Å². The van der Waals surface area contributed by atoms with Crippen molar-refractivity contribution in [1.29, 1.82) is 0 Å². The van der Waals surface area contributed by atoms with Gasteiger partial charge in [-0.25, -0.2) is 0 Å². The fraction of sp³-hybridized carbons (Fsp3) is 1.00. The Kier molecular flexibility index (Phi) is 5.79. The van der Waals surface area contributed by atoms with Gasteiger partial charge in [-0.2, -0.15) is 0 Å². The van der Waals surface area contributed by atoms with E-state index in [9.17, 15) is 0 Å². The van der Waals surface area contributed by atoms with E-state index in [2.05, 4.69) is 12.2 Å². The number of hydrogen-bond acceptors (Lipinski definition) is 2. The summed E-state index contributed by atoms with van der Waals surface area (Å²) in [5.74, 6) is 2.76. The molecule has 2 rings (SSSR count). The summed E-state index contributed by atoms with van der Waals surface area (Å²) in [4.78, 5) is 0. The first-order valence-electron chi connectivity index (χ1n) is 7.63. The van der Waals surface area contributed by atoms with Crippen LogP contribution in [0.2, 0.25) is 0 Å². The molecule has 1 aliphatic carbocycles. The SMILES string of the molecule is CC1CCC(CCNCC2CCCOC2)CC1. The van der Waals surface area contributed by atoms with Crippen LogP contribution in [0, 0.1) is 17.8 Å². The summed E-state index contributed by atoms with van der Waals surface area (Å²) in [5, 5.41) is 3.63. The Morgan fingerprint density at radius 1 is 1.06 bits per heavy atom. The van der Waals surface area contributed by atoms with E-state index in [1.54, 1.807) is 0 Å². The van der Waals surface area contributed by atoms with Crippen LogP contribution in [0.15, 0.2) is 0 Å². The molecular weight excluding hydrogens is 210 g/mol. The Bertz CT molecular complexity index is 193. The molecule has 1 heterocycles. The third-order valence-electron chi connectivity index (χ3n) is 4.55. The van der Waals surface area contributed by atoms with Crippen molar-refractivity contribution in [3.8, 4) is 0 Å². The van der Waals surface area contributed by atoms with Gasteiger partial charge in [0.05, 0.1) is 6.61 Å². The first kappa shape index (κ1) is 13.4. The second-order valence-electron chi connectivity index (χ2n) is 6.20. The summed E-state index contributed by atoms with van der Waals surface area (Å²) in [6, 6.07) is 0. The summed E-state index contributed by atoms with van der Waals surface area (Å²) < 4.78 is 5.50. The minimum atomic E-state index is 0.773. The van der Waals surface area contributed by atoms with Crippen LogP contribution in [0.4, 0.5) is 0 Å². The van der Waals surface area contributed by atoms with Crippen LogP contribution in [-0.2, 0) is 4.74 Å². The molecule has 0 spiro atoms. The Hall–Kier alpha value is -0.0800. The lowest BCUT2D eigenvalue weighted by molar-refractivity contribution is 0.0547. The lowest BCUT2D eigenvalue weighted by Crippen LogP contribution is -2.30. The highest BCUT2D eigenvalue weighted by Gasteiger charge is 2.18. The third-order valence-corrected chi connectivity index (χ3v) is 4.55. The van der Waals surface area contributed by atoms with Crippen molar-refractivity contribution in [1.82, 2.24) is 5.32 Å². The van der Waals surface area contributed by atoms with Gasteiger partial charge in [-0.1, -0.05) is 32.6 Å². The normalized spacial score (nSPS) is 34.8. The van der Waals surface area contributed by atoms with Crippen LogP contribution in [0.1, 0.15) is 51.9 Å². The van der Waals surface area contributed by atoms with Crippen LogP contribution in [0.3, 0.4) is 0 Å². The monoisotopic (exact) mass is 239 g/mol. The molecule has 0 amide bonds. The lowest BCUT2D eigenvalue weighted by atomic mass is 9.81. The highest BCUT2D eigenvalue weighted by Crippen LogP contribution is 2.29. The minimum Gasteiger partial charge on any atom is -0.381 e. The quantitative estimate of drug-likeness (QED) is 0.744. The topological polar surface area (TPSA) is 21.3 Å². The zero-order valence-electron chi connectivity index (χ0n) is 11.4. The van der Waals surface area contributed by atoms with Crippen molar-refractivity contribution in [2.75, 3.05) is 26.3 Å². The van der Waals surface area contributed by atoms with Crippen LogP contribution in [0.25, 0.3) is 0 Å². The number of rotatable bonds is 5. The van der Waals surface area contributed by atoms with Gasteiger partial charge in [0.25, 0.3) is 0 Å². The van der Waals surface area contributed by atoms with Gasteiger partial charge in [0, 0.05) is 13.2 Å². The molecule has 17 heavy (non-hydrogen) atoms.